The SMILES string of the molecule is CCOc1ccc(N(CCCC(=O)N(Cc2ccc(F)cc2)C(CC)C(=O)NCC(C)C)S(C)(=O)=O)cc1. The van der Waals surface area contributed by atoms with E-state index in [-0.39, 0.29) is 49.5 Å². The van der Waals surface area contributed by atoms with Gasteiger partial charge in [-0.3, -0.25) is 13.9 Å². The van der Waals surface area contributed by atoms with Crippen molar-refractivity contribution < 1.29 is 27.1 Å². The summed E-state index contributed by atoms with van der Waals surface area (Å²) in [6, 6.07) is 11.8. The van der Waals surface area contributed by atoms with E-state index in [1.54, 1.807) is 36.4 Å². The quantitative estimate of drug-likeness (QED) is 0.356. The second-order valence-electron chi connectivity index (χ2n) is 9.58. The molecule has 2 aromatic carbocycles. The highest BCUT2D eigenvalue weighted by atomic mass is 32.2. The second kappa shape index (κ2) is 14.7. The molecule has 2 rings (SSSR count). The molecule has 1 atom stereocenters. The van der Waals surface area contributed by atoms with E-state index in [0.29, 0.717) is 36.6 Å². The summed E-state index contributed by atoms with van der Waals surface area (Å²) in [5, 5.41) is 2.90. The molecule has 0 saturated heterocycles. The lowest BCUT2D eigenvalue weighted by molar-refractivity contribution is -0.141. The van der Waals surface area contributed by atoms with Crippen LogP contribution in [-0.2, 0) is 26.2 Å². The van der Waals surface area contributed by atoms with Crippen molar-refractivity contribution in [3.63, 3.8) is 0 Å². The number of nitrogens with one attached hydrogen (secondary N) is 1. The summed E-state index contributed by atoms with van der Waals surface area (Å²) in [7, 11) is -3.60. The number of carbonyl (C=O) groups is 2. The highest BCUT2D eigenvalue weighted by molar-refractivity contribution is 7.92. The van der Waals surface area contributed by atoms with Crippen molar-refractivity contribution in [1.29, 1.82) is 0 Å². The zero-order chi connectivity index (χ0) is 28.3. The molecule has 1 unspecified atom stereocenters. The number of nitrogens with zero attached hydrogens (tertiary/aromatic N) is 2. The fraction of sp³-hybridized carbons (Fsp3) is 0.500. The first-order valence-electron chi connectivity index (χ1n) is 13.0. The molecule has 1 N–H and O–H groups in total. The second-order valence-corrected chi connectivity index (χ2v) is 11.5. The Morgan fingerprint density at radius 2 is 1.66 bits per heavy atom. The summed E-state index contributed by atoms with van der Waals surface area (Å²) in [4.78, 5) is 27.9. The van der Waals surface area contributed by atoms with E-state index in [4.69, 9.17) is 4.74 Å². The van der Waals surface area contributed by atoms with Gasteiger partial charge in [-0.05, 0) is 67.6 Å². The summed E-state index contributed by atoms with van der Waals surface area (Å²) >= 11 is 0. The number of rotatable bonds is 15. The van der Waals surface area contributed by atoms with Crippen LogP contribution in [0.25, 0.3) is 0 Å². The third kappa shape index (κ3) is 9.63. The number of carbonyl (C=O) groups excluding carboxylic acids is 2. The van der Waals surface area contributed by atoms with Crippen LogP contribution >= 0.6 is 0 Å². The summed E-state index contributed by atoms with van der Waals surface area (Å²) in [5.74, 6) is -0.0201. The van der Waals surface area contributed by atoms with Gasteiger partial charge < -0.3 is 15.0 Å². The molecule has 0 radical (unpaired) electrons. The number of hydrogen-bond donors (Lipinski definition) is 1. The smallest absolute Gasteiger partial charge is 0.242 e. The van der Waals surface area contributed by atoms with Gasteiger partial charge in [0.2, 0.25) is 21.8 Å². The van der Waals surface area contributed by atoms with Crippen LogP contribution in [0.3, 0.4) is 0 Å². The van der Waals surface area contributed by atoms with Gasteiger partial charge in [0.15, 0.2) is 0 Å². The van der Waals surface area contributed by atoms with Crippen molar-refractivity contribution in [2.45, 2.75) is 59.5 Å². The van der Waals surface area contributed by atoms with Crippen LogP contribution in [-0.4, -0.2) is 57.1 Å². The van der Waals surface area contributed by atoms with Gasteiger partial charge in [-0.15, -0.1) is 0 Å². The number of ether oxygens (including phenoxy) is 1. The van der Waals surface area contributed by atoms with E-state index < -0.39 is 16.1 Å². The van der Waals surface area contributed by atoms with E-state index in [0.717, 1.165) is 6.26 Å². The highest BCUT2D eigenvalue weighted by Gasteiger charge is 2.29. The molecule has 0 saturated carbocycles. The summed E-state index contributed by atoms with van der Waals surface area (Å²) in [5.41, 5.74) is 1.17. The fourth-order valence-electron chi connectivity index (χ4n) is 4.01. The van der Waals surface area contributed by atoms with Crippen molar-refractivity contribution in [1.82, 2.24) is 10.2 Å². The first-order valence-corrected chi connectivity index (χ1v) is 14.8. The van der Waals surface area contributed by atoms with Gasteiger partial charge in [0, 0.05) is 26.1 Å². The third-order valence-electron chi connectivity index (χ3n) is 5.92. The Morgan fingerprint density at radius 3 is 2.18 bits per heavy atom. The lowest BCUT2D eigenvalue weighted by atomic mass is 10.1. The van der Waals surface area contributed by atoms with Crippen LogP contribution in [0, 0.1) is 11.7 Å². The molecule has 38 heavy (non-hydrogen) atoms. The summed E-state index contributed by atoms with van der Waals surface area (Å²) < 4.78 is 45.1. The first kappa shape index (κ1) is 31.1. The molecule has 0 spiro atoms. The van der Waals surface area contributed by atoms with Crippen LogP contribution in [0.15, 0.2) is 48.5 Å². The lowest BCUT2D eigenvalue weighted by Crippen LogP contribution is -2.49. The van der Waals surface area contributed by atoms with Crippen molar-refractivity contribution in [3.8, 4) is 5.75 Å². The number of sulfonamides is 1. The van der Waals surface area contributed by atoms with Crippen LogP contribution in [0.2, 0.25) is 0 Å². The number of halogens is 1. The Kier molecular flexibility index (Phi) is 12.0. The molecule has 10 heteroatoms. The van der Waals surface area contributed by atoms with E-state index in [2.05, 4.69) is 5.32 Å². The molecule has 0 aromatic heterocycles. The highest BCUT2D eigenvalue weighted by Crippen LogP contribution is 2.23. The van der Waals surface area contributed by atoms with Crippen LogP contribution in [0.4, 0.5) is 10.1 Å². The minimum absolute atomic E-state index is 0.0399. The molecule has 0 bridgehead atoms. The van der Waals surface area contributed by atoms with Gasteiger partial charge in [0.05, 0.1) is 18.6 Å². The van der Waals surface area contributed by atoms with Crippen LogP contribution < -0.4 is 14.4 Å². The predicted molar refractivity (Wildman–Crippen MR) is 148 cm³/mol. The summed E-state index contributed by atoms with van der Waals surface area (Å²) in [6.07, 6.45) is 1.82. The van der Waals surface area contributed by atoms with Crippen molar-refractivity contribution in [2.24, 2.45) is 5.92 Å². The third-order valence-corrected chi connectivity index (χ3v) is 7.12. The standard InChI is InChI=1S/C28H40FN3O5S/c1-6-26(28(34)30-19-21(3)4)31(20-22-10-12-23(29)13-11-22)27(33)9-8-18-32(38(5,35)36)24-14-16-25(17-15-24)37-7-2/h10-17,21,26H,6-9,18-20H2,1-5H3,(H,30,34). The topological polar surface area (TPSA) is 96.0 Å². The molecule has 210 valence electrons. The molecule has 0 aliphatic heterocycles. The maximum absolute atomic E-state index is 13.4. The van der Waals surface area contributed by atoms with Crippen LogP contribution in [0.5, 0.6) is 5.75 Å². The Labute approximate surface area is 226 Å². The zero-order valence-electron chi connectivity index (χ0n) is 22.9. The van der Waals surface area contributed by atoms with Gasteiger partial charge in [0.1, 0.15) is 17.6 Å². The van der Waals surface area contributed by atoms with Gasteiger partial charge in [-0.2, -0.15) is 0 Å². The maximum Gasteiger partial charge on any atom is 0.242 e. The molecule has 0 aliphatic rings. The van der Waals surface area contributed by atoms with Crippen LogP contribution in [0.1, 0.15) is 52.5 Å². The van der Waals surface area contributed by atoms with Gasteiger partial charge in [-0.25, -0.2) is 12.8 Å². The Hall–Kier alpha value is -3.14. The minimum Gasteiger partial charge on any atom is -0.494 e. The molecule has 8 nitrogen and oxygen atoms in total. The molecule has 0 fully saturated rings. The van der Waals surface area contributed by atoms with E-state index in [9.17, 15) is 22.4 Å². The van der Waals surface area contributed by atoms with Gasteiger partial charge in [-0.1, -0.05) is 32.9 Å². The Morgan fingerprint density at radius 1 is 1.03 bits per heavy atom. The molecule has 2 aromatic rings. The lowest BCUT2D eigenvalue weighted by Gasteiger charge is -2.31. The largest absolute Gasteiger partial charge is 0.494 e. The molecular formula is C28H40FN3O5S. The first-order chi connectivity index (χ1) is 18.0. The number of anilines is 1. The van der Waals surface area contributed by atoms with Crippen molar-refractivity contribution in [2.75, 3.05) is 30.3 Å². The molecule has 0 heterocycles. The fourth-order valence-corrected chi connectivity index (χ4v) is 4.97. The van der Waals surface area contributed by atoms with Gasteiger partial charge >= 0.3 is 0 Å². The summed E-state index contributed by atoms with van der Waals surface area (Å²) in [6.45, 7) is 8.90. The van der Waals surface area contributed by atoms with E-state index in [1.165, 1.54) is 21.3 Å². The monoisotopic (exact) mass is 549 g/mol. The zero-order valence-corrected chi connectivity index (χ0v) is 23.8. The van der Waals surface area contributed by atoms with Crippen molar-refractivity contribution >= 4 is 27.5 Å². The number of amides is 2. The Balaban J connectivity index is 2.19. The maximum atomic E-state index is 13.4. The molecule has 2 amide bonds. The normalized spacial score (nSPS) is 12.2. The predicted octanol–water partition coefficient (Wildman–Crippen LogP) is 4.35. The average molecular weight is 550 g/mol. The number of hydrogen-bond acceptors (Lipinski definition) is 5. The Bertz CT molecular complexity index is 1140. The van der Waals surface area contributed by atoms with Crippen molar-refractivity contribution in [3.05, 3.63) is 59.9 Å². The molecule has 0 aliphatic carbocycles. The molecular weight excluding hydrogens is 509 g/mol. The van der Waals surface area contributed by atoms with Gasteiger partial charge in [0.25, 0.3) is 0 Å². The number of benzene rings is 2. The average Bonchev–Trinajstić information content (AvgIpc) is 2.86. The van der Waals surface area contributed by atoms with E-state index >= 15 is 0 Å². The van der Waals surface area contributed by atoms with E-state index in [1.807, 2.05) is 27.7 Å². The minimum atomic E-state index is -3.60.